The zero-order valence-electron chi connectivity index (χ0n) is 21.3. The van der Waals surface area contributed by atoms with Gasteiger partial charge in [0.05, 0.1) is 11.6 Å². The van der Waals surface area contributed by atoms with E-state index in [1.165, 1.54) is 17.3 Å². The van der Waals surface area contributed by atoms with Gasteiger partial charge in [0.1, 0.15) is 17.7 Å². The molecular formula is C27H26Br2N4O4S. The highest BCUT2D eigenvalue weighted by Crippen LogP contribution is 2.43. The van der Waals surface area contributed by atoms with Crippen LogP contribution in [0.4, 0.5) is 0 Å². The fourth-order valence-corrected chi connectivity index (χ4v) is 5.85. The lowest BCUT2D eigenvalue weighted by molar-refractivity contribution is -0.479. The quantitative estimate of drug-likeness (QED) is 0.0992. The normalized spacial score (nSPS) is 11.8. The van der Waals surface area contributed by atoms with Gasteiger partial charge in [0.2, 0.25) is 6.54 Å². The number of nitro groups is 1. The van der Waals surface area contributed by atoms with Gasteiger partial charge in [0, 0.05) is 15.1 Å². The van der Waals surface area contributed by atoms with Crippen LogP contribution >= 0.6 is 43.6 Å². The Kier molecular flexibility index (Phi) is 9.11. The molecule has 0 unspecified atom stereocenters. The lowest BCUT2D eigenvalue weighted by Gasteiger charge is -2.18. The predicted molar refractivity (Wildman–Crippen MR) is 155 cm³/mol. The van der Waals surface area contributed by atoms with E-state index in [9.17, 15) is 10.1 Å². The van der Waals surface area contributed by atoms with Gasteiger partial charge in [0.25, 0.3) is 0 Å². The van der Waals surface area contributed by atoms with Gasteiger partial charge in [-0.15, -0.1) is 10.2 Å². The van der Waals surface area contributed by atoms with Crippen molar-refractivity contribution in [3.05, 3.63) is 102 Å². The van der Waals surface area contributed by atoms with Crippen molar-refractivity contribution in [2.45, 2.75) is 37.8 Å². The zero-order chi connectivity index (χ0) is 27.4. The highest BCUT2D eigenvalue weighted by Gasteiger charge is 2.26. The molecule has 1 heterocycles. The van der Waals surface area contributed by atoms with E-state index in [4.69, 9.17) is 9.47 Å². The third-order valence-electron chi connectivity index (χ3n) is 6.03. The molecule has 4 aromatic rings. The maximum Gasteiger partial charge on any atom is 0.220 e. The number of rotatable bonds is 10. The summed E-state index contributed by atoms with van der Waals surface area (Å²) >= 11 is 8.32. The van der Waals surface area contributed by atoms with Crippen LogP contribution in [-0.2, 0) is 6.61 Å². The van der Waals surface area contributed by atoms with Gasteiger partial charge in [-0.3, -0.25) is 14.7 Å². The second-order valence-corrected chi connectivity index (χ2v) is 11.6. The third-order valence-corrected chi connectivity index (χ3v) is 8.32. The number of hydrogen-bond acceptors (Lipinski definition) is 7. The second kappa shape index (κ2) is 12.3. The number of thioether (sulfide) groups is 1. The van der Waals surface area contributed by atoms with Gasteiger partial charge in [-0.1, -0.05) is 45.9 Å². The van der Waals surface area contributed by atoms with Gasteiger partial charge in [-0.05, 0) is 95.4 Å². The molecule has 0 spiro atoms. The molecule has 0 aliphatic heterocycles. The molecule has 0 aliphatic rings. The Morgan fingerprint density at radius 1 is 1.03 bits per heavy atom. The summed E-state index contributed by atoms with van der Waals surface area (Å²) < 4.78 is 15.2. The minimum Gasteiger partial charge on any atom is -0.493 e. The fourth-order valence-electron chi connectivity index (χ4n) is 3.86. The van der Waals surface area contributed by atoms with Crippen molar-refractivity contribution < 1.29 is 14.4 Å². The van der Waals surface area contributed by atoms with Crippen molar-refractivity contribution in [2.24, 2.45) is 0 Å². The monoisotopic (exact) mass is 660 g/mol. The molecule has 0 saturated carbocycles. The SMILES string of the molecule is COc1cc([C@H](C[N+](=O)[O-])Sc2nnc(C)n2-c2ccc(C)c(C)c2)cc(Br)c1OCc1ccc(Br)cc1. The number of methoxy groups -OCH3 is 1. The fraction of sp³-hybridized carbons (Fsp3) is 0.259. The van der Waals surface area contributed by atoms with Crippen LogP contribution in [0.3, 0.4) is 0 Å². The number of benzene rings is 3. The van der Waals surface area contributed by atoms with Crippen LogP contribution in [-0.4, -0.2) is 33.3 Å². The Balaban J connectivity index is 1.65. The van der Waals surface area contributed by atoms with Gasteiger partial charge in [-0.25, -0.2) is 0 Å². The van der Waals surface area contributed by atoms with Crippen molar-refractivity contribution in [3.8, 4) is 17.2 Å². The summed E-state index contributed by atoms with van der Waals surface area (Å²) in [5.74, 6) is 1.71. The van der Waals surface area contributed by atoms with E-state index < -0.39 is 5.25 Å². The Bertz CT molecular complexity index is 1460. The second-order valence-electron chi connectivity index (χ2n) is 8.70. The minimum atomic E-state index is -0.551. The molecule has 0 fully saturated rings. The Morgan fingerprint density at radius 2 is 1.76 bits per heavy atom. The summed E-state index contributed by atoms with van der Waals surface area (Å²) in [6, 6.07) is 17.6. The van der Waals surface area contributed by atoms with E-state index in [2.05, 4.69) is 55.0 Å². The van der Waals surface area contributed by atoms with Crippen molar-refractivity contribution in [2.75, 3.05) is 13.7 Å². The number of nitrogens with zero attached hydrogens (tertiary/aromatic N) is 4. The van der Waals surface area contributed by atoms with E-state index in [1.54, 1.807) is 13.2 Å². The van der Waals surface area contributed by atoms with Gasteiger partial charge < -0.3 is 9.47 Å². The van der Waals surface area contributed by atoms with Crippen LogP contribution < -0.4 is 9.47 Å². The van der Waals surface area contributed by atoms with Crippen LogP contribution in [0.1, 0.15) is 33.3 Å². The summed E-state index contributed by atoms with van der Waals surface area (Å²) in [5.41, 5.74) is 4.93. The molecule has 8 nitrogen and oxygen atoms in total. The molecule has 198 valence electrons. The summed E-state index contributed by atoms with van der Waals surface area (Å²) in [4.78, 5) is 11.4. The van der Waals surface area contributed by atoms with Crippen molar-refractivity contribution >= 4 is 43.6 Å². The molecule has 1 atom stereocenters. The summed E-state index contributed by atoms with van der Waals surface area (Å²) in [6.07, 6.45) is 0. The lowest BCUT2D eigenvalue weighted by Crippen LogP contribution is -2.12. The van der Waals surface area contributed by atoms with Crippen LogP contribution in [0.15, 0.2) is 68.7 Å². The smallest absolute Gasteiger partial charge is 0.220 e. The third kappa shape index (κ3) is 6.57. The molecule has 11 heteroatoms. The molecule has 3 aromatic carbocycles. The standard InChI is InChI=1S/C27H26Br2N4O4S/c1-16-5-10-22(11-17(16)2)33-18(3)30-31-27(33)38-25(14-32(34)35)20-12-23(29)26(24(13-20)36-4)37-15-19-6-8-21(28)9-7-19/h5-13,25H,14-15H2,1-4H3/t25-/m0/s1. The van der Waals surface area contributed by atoms with E-state index in [-0.39, 0.29) is 11.5 Å². The average Bonchev–Trinajstić information content (AvgIpc) is 3.24. The molecule has 0 radical (unpaired) electrons. The first-order valence-corrected chi connectivity index (χ1v) is 14.2. The van der Waals surface area contributed by atoms with Gasteiger partial charge in [0.15, 0.2) is 16.7 Å². The summed E-state index contributed by atoms with van der Waals surface area (Å²) in [6.45, 7) is 6.00. The minimum absolute atomic E-state index is 0.307. The Labute approximate surface area is 242 Å². The average molecular weight is 662 g/mol. The molecule has 0 saturated heterocycles. The van der Waals surface area contributed by atoms with Crippen molar-refractivity contribution in [1.82, 2.24) is 14.8 Å². The molecule has 0 N–H and O–H groups in total. The van der Waals surface area contributed by atoms with E-state index in [0.29, 0.717) is 39.1 Å². The number of hydrogen-bond donors (Lipinski definition) is 0. The van der Waals surface area contributed by atoms with Crippen LogP contribution in [0.25, 0.3) is 5.69 Å². The number of ether oxygens (including phenoxy) is 2. The van der Waals surface area contributed by atoms with Crippen LogP contribution in [0.2, 0.25) is 0 Å². The topological polar surface area (TPSA) is 92.3 Å². The molecule has 0 bridgehead atoms. The lowest BCUT2D eigenvalue weighted by atomic mass is 10.1. The number of aryl methyl sites for hydroxylation is 3. The van der Waals surface area contributed by atoms with Crippen LogP contribution in [0, 0.1) is 30.9 Å². The maximum absolute atomic E-state index is 11.7. The van der Waals surface area contributed by atoms with Gasteiger partial charge >= 0.3 is 0 Å². The van der Waals surface area contributed by atoms with Crippen LogP contribution in [0.5, 0.6) is 11.5 Å². The first kappa shape index (κ1) is 28.1. The highest BCUT2D eigenvalue weighted by molar-refractivity contribution is 9.10. The Hall–Kier alpha value is -2.89. The largest absolute Gasteiger partial charge is 0.493 e. The molecule has 38 heavy (non-hydrogen) atoms. The molecule has 4 rings (SSSR count). The molecule has 0 amide bonds. The number of halogens is 2. The van der Waals surface area contributed by atoms with Gasteiger partial charge in [-0.2, -0.15) is 0 Å². The highest BCUT2D eigenvalue weighted by atomic mass is 79.9. The van der Waals surface area contributed by atoms with Crippen molar-refractivity contribution in [3.63, 3.8) is 0 Å². The van der Waals surface area contributed by atoms with Crippen molar-refractivity contribution in [1.29, 1.82) is 0 Å². The maximum atomic E-state index is 11.7. The molecule has 0 aliphatic carbocycles. The first-order valence-electron chi connectivity index (χ1n) is 11.7. The van der Waals surface area contributed by atoms with E-state index in [0.717, 1.165) is 21.3 Å². The van der Waals surface area contributed by atoms with E-state index in [1.807, 2.05) is 60.9 Å². The summed E-state index contributed by atoms with van der Waals surface area (Å²) in [5, 5.41) is 20.3. The first-order chi connectivity index (χ1) is 18.2. The number of aromatic nitrogens is 3. The molecule has 1 aromatic heterocycles. The Morgan fingerprint density at radius 3 is 2.42 bits per heavy atom. The predicted octanol–water partition coefficient (Wildman–Crippen LogP) is 7.42. The van der Waals surface area contributed by atoms with E-state index >= 15 is 0 Å². The molecular weight excluding hydrogens is 636 g/mol. The summed E-state index contributed by atoms with van der Waals surface area (Å²) in [7, 11) is 1.55. The zero-order valence-corrected chi connectivity index (χ0v) is 25.3.